The van der Waals surface area contributed by atoms with E-state index >= 15 is 0 Å². The number of nitrogens with zero attached hydrogens (tertiary/aromatic N) is 5. The smallest absolute Gasteiger partial charge is 0.259 e. The highest BCUT2D eigenvalue weighted by Crippen LogP contribution is 2.33. The van der Waals surface area contributed by atoms with Crippen LogP contribution in [-0.2, 0) is 0 Å². The number of piperazine rings is 1. The fraction of sp³-hybridized carbons (Fsp3) is 0.250. The number of rotatable bonds is 4. The number of anilines is 2. The zero-order valence-corrected chi connectivity index (χ0v) is 18.0. The molecule has 0 aliphatic carbocycles. The van der Waals surface area contributed by atoms with E-state index in [2.05, 4.69) is 10.1 Å². The predicted molar refractivity (Wildman–Crippen MR) is 117 cm³/mol. The standard InChI is InChI=1S/C20H18Cl2N5O4/c1-12-17(18(24-31-12)14-3-2-6-23-19(14)22)20(28)26-9-7-25(8-10-26)16-5-4-13(27(29)30)11-15(16)21/h2-6,11,29H,7-10H2,1H3/q-1. The Balaban J connectivity index is 1.51. The lowest BCUT2D eigenvalue weighted by Gasteiger charge is -2.36. The lowest BCUT2D eigenvalue weighted by Crippen LogP contribution is -2.49. The molecule has 1 aliphatic heterocycles. The van der Waals surface area contributed by atoms with Gasteiger partial charge in [-0.2, -0.15) is 0 Å². The van der Waals surface area contributed by atoms with E-state index < -0.39 is 0 Å². The van der Waals surface area contributed by atoms with Gasteiger partial charge in [0.15, 0.2) is 0 Å². The maximum atomic E-state index is 13.3. The Kier molecular flexibility index (Phi) is 6.01. The van der Waals surface area contributed by atoms with Crippen LogP contribution in [0, 0.1) is 12.1 Å². The first-order valence-electron chi connectivity index (χ1n) is 9.44. The molecule has 0 saturated carbocycles. The predicted octanol–water partition coefficient (Wildman–Crippen LogP) is 4.01. The molecule has 0 bridgehead atoms. The van der Waals surface area contributed by atoms with Crippen molar-refractivity contribution in [3.63, 3.8) is 0 Å². The van der Waals surface area contributed by atoms with Crippen LogP contribution < -0.4 is 10.1 Å². The first kappa shape index (κ1) is 21.4. The number of aromatic nitrogens is 2. The molecule has 0 radical (unpaired) electrons. The number of benzene rings is 1. The van der Waals surface area contributed by atoms with E-state index in [1.54, 1.807) is 36.2 Å². The van der Waals surface area contributed by atoms with Crippen molar-refractivity contribution in [1.82, 2.24) is 15.0 Å². The van der Waals surface area contributed by atoms with E-state index in [4.69, 9.17) is 32.9 Å². The number of carbonyl (C=O) groups excluding carboxylic acids is 1. The second-order valence-corrected chi connectivity index (χ2v) is 7.76. The van der Waals surface area contributed by atoms with Crippen LogP contribution in [0.25, 0.3) is 11.3 Å². The largest absolute Gasteiger partial charge is 0.733 e. The average molecular weight is 463 g/mol. The third-order valence-corrected chi connectivity index (χ3v) is 5.75. The highest BCUT2D eigenvalue weighted by Gasteiger charge is 2.30. The van der Waals surface area contributed by atoms with Gasteiger partial charge in [0.25, 0.3) is 5.91 Å². The van der Waals surface area contributed by atoms with E-state index in [-0.39, 0.29) is 22.0 Å². The van der Waals surface area contributed by atoms with Crippen molar-refractivity contribution in [3.05, 3.63) is 63.2 Å². The molecule has 1 N–H and O–H groups in total. The number of amides is 1. The third kappa shape index (κ3) is 4.17. The Morgan fingerprint density at radius 2 is 1.97 bits per heavy atom. The summed E-state index contributed by atoms with van der Waals surface area (Å²) in [6.07, 6.45) is 1.56. The number of carbonyl (C=O) groups is 1. The van der Waals surface area contributed by atoms with E-state index in [0.717, 1.165) is 5.69 Å². The Labute approximate surface area is 187 Å². The maximum absolute atomic E-state index is 13.3. The fourth-order valence-corrected chi connectivity index (χ4v) is 4.05. The van der Waals surface area contributed by atoms with Crippen LogP contribution >= 0.6 is 23.2 Å². The van der Waals surface area contributed by atoms with Gasteiger partial charge in [-0.1, -0.05) is 28.4 Å². The molecule has 1 aliphatic rings. The molecule has 1 aromatic carbocycles. The molecule has 0 spiro atoms. The number of aryl methyl sites for hydroxylation is 1. The SMILES string of the molecule is Cc1onc(-c2cccnc2Cl)c1C(=O)N1CCN(c2ccc(N([O-])O)cc2Cl)CC1. The van der Waals surface area contributed by atoms with Gasteiger partial charge in [0.05, 0.1) is 16.4 Å². The van der Waals surface area contributed by atoms with Crippen molar-refractivity contribution >= 4 is 40.5 Å². The first-order valence-corrected chi connectivity index (χ1v) is 10.2. The van der Waals surface area contributed by atoms with Gasteiger partial charge in [0.2, 0.25) is 0 Å². The van der Waals surface area contributed by atoms with Gasteiger partial charge in [-0.25, -0.2) is 4.98 Å². The van der Waals surface area contributed by atoms with E-state index in [1.807, 2.05) is 4.90 Å². The number of hydrogen-bond acceptors (Lipinski definition) is 8. The normalized spacial score (nSPS) is 14.1. The van der Waals surface area contributed by atoms with Crippen LogP contribution in [0.2, 0.25) is 10.2 Å². The fourth-order valence-electron chi connectivity index (χ4n) is 3.55. The van der Waals surface area contributed by atoms with Crippen molar-refractivity contribution < 1.29 is 14.5 Å². The molecular weight excluding hydrogens is 445 g/mol. The minimum absolute atomic E-state index is 0.0482. The summed E-state index contributed by atoms with van der Waals surface area (Å²) in [6, 6.07) is 8.00. The van der Waals surface area contributed by atoms with Gasteiger partial charge >= 0.3 is 0 Å². The van der Waals surface area contributed by atoms with Crippen molar-refractivity contribution in [2.75, 3.05) is 36.3 Å². The number of pyridine rings is 1. The van der Waals surface area contributed by atoms with Crippen LogP contribution in [0.1, 0.15) is 16.1 Å². The van der Waals surface area contributed by atoms with Gasteiger partial charge in [0, 0.05) is 37.9 Å². The second kappa shape index (κ2) is 8.72. The van der Waals surface area contributed by atoms with Crippen LogP contribution in [-0.4, -0.2) is 52.3 Å². The van der Waals surface area contributed by atoms with Gasteiger partial charge in [0.1, 0.15) is 22.2 Å². The highest BCUT2D eigenvalue weighted by molar-refractivity contribution is 6.33. The summed E-state index contributed by atoms with van der Waals surface area (Å²) in [5.41, 5.74) is 2.04. The monoisotopic (exact) mass is 462 g/mol. The first-order chi connectivity index (χ1) is 14.9. The number of halogens is 2. The molecule has 9 nitrogen and oxygen atoms in total. The van der Waals surface area contributed by atoms with Gasteiger partial charge in [-0.15, -0.1) is 0 Å². The van der Waals surface area contributed by atoms with Gasteiger partial charge in [-0.3, -0.25) is 10.0 Å². The van der Waals surface area contributed by atoms with Crippen LogP contribution in [0.4, 0.5) is 11.4 Å². The molecule has 2 aromatic heterocycles. The summed E-state index contributed by atoms with van der Waals surface area (Å²) in [5.74, 6) is 0.212. The zero-order valence-electron chi connectivity index (χ0n) is 16.5. The third-order valence-electron chi connectivity index (χ3n) is 5.15. The lowest BCUT2D eigenvalue weighted by molar-refractivity contribution is 0.0745. The van der Waals surface area contributed by atoms with Crippen molar-refractivity contribution in [2.45, 2.75) is 6.92 Å². The average Bonchev–Trinajstić information content (AvgIpc) is 3.14. The second-order valence-electron chi connectivity index (χ2n) is 6.99. The molecule has 1 amide bonds. The minimum Gasteiger partial charge on any atom is -0.733 e. The van der Waals surface area contributed by atoms with Gasteiger partial charge in [-0.05, 0) is 37.3 Å². The molecule has 3 aromatic rings. The summed E-state index contributed by atoms with van der Waals surface area (Å²) in [7, 11) is 0. The molecule has 3 heterocycles. The summed E-state index contributed by atoms with van der Waals surface area (Å²) >= 11 is 12.5. The Hall–Kier alpha value is -2.85. The summed E-state index contributed by atoms with van der Waals surface area (Å²) in [6.45, 7) is 3.67. The van der Waals surface area contributed by atoms with Crippen LogP contribution in [0.15, 0.2) is 41.1 Å². The van der Waals surface area contributed by atoms with Crippen molar-refractivity contribution in [3.8, 4) is 11.3 Å². The summed E-state index contributed by atoms with van der Waals surface area (Å²) in [5, 5.41) is 24.4. The molecule has 1 fully saturated rings. The van der Waals surface area contributed by atoms with E-state index in [0.29, 0.717) is 53.8 Å². The molecule has 0 unspecified atom stereocenters. The molecule has 4 rings (SSSR count). The minimum atomic E-state index is -0.236. The molecule has 1 saturated heterocycles. The van der Waals surface area contributed by atoms with Crippen molar-refractivity contribution in [2.24, 2.45) is 0 Å². The topological polar surface area (TPSA) is 109 Å². The lowest BCUT2D eigenvalue weighted by atomic mass is 10.1. The Morgan fingerprint density at radius 1 is 1.23 bits per heavy atom. The summed E-state index contributed by atoms with van der Waals surface area (Å²) in [4.78, 5) is 21.1. The van der Waals surface area contributed by atoms with Crippen LogP contribution in [0.5, 0.6) is 0 Å². The maximum Gasteiger partial charge on any atom is 0.259 e. The Bertz CT molecular complexity index is 1110. The van der Waals surface area contributed by atoms with E-state index in [1.165, 1.54) is 12.1 Å². The molecule has 162 valence electrons. The van der Waals surface area contributed by atoms with E-state index in [9.17, 15) is 10.0 Å². The molecular formula is C20H18Cl2N5O4-. The number of hydrogen-bond donors (Lipinski definition) is 1. The molecule has 11 heteroatoms. The molecule has 0 atom stereocenters. The Morgan fingerprint density at radius 3 is 2.61 bits per heavy atom. The highest BCUT2D eigenvalue weighted by atomic mass is 35.5. The van der Waals surface area contributed by atoms with Crippen molar-refractivity contribution in [1.29, 1.82) is 0 Å². The molecule has 31 heavy (non-hydrogen) atoms. The zero-order chi connectivity index (χ0) is 22.1. The van der Waals surface area contributed by atoms with Crippen LogP contribution in [0.3, 0.4) is 0 Å². The van der Waals surface area contributed by atoms with Gasteiger partial charge < -0.3 is 24.8 Å². The quantitative estimate of drug-likeness (QED) is 0.457. The summed E-state index contributed by atoms with van der Waals surface area (Å²) < 4.78 is 5.29.